The highest BCUT2D eigenvalue weighted by molar-refractivity contribution is 5.13. The van der Waals surface area contributed by atoms with Crippen molar-refractivity contribution in [1.29, 1.82) is 0 Å². The van der Waals surface area contributed by atoms with Crippen molar-refractivity contribution in [2.75, 3.05) is 6.54 Å². The molecule has 104 valence electrons. The van der Waals surface area contributed by atoms with Crippen LogP contribution in [0.25, 0.3) is 0 Å². The molecule has 2 heteroatoms. The second kappa shape index (κ2) is 4.21. The van der Waals surface area contributed by atoms with Gasteiger partial charge in [-0.05, 0) is 54.8 Å². The first-order chi connectivity index (χ1) is 8.45. The molecule has 0 aliphatic heterocycles. The molecule has 0 radical (unpaired) electrons. The van der Waals surface area contributed by atoms with Crippen LogP contribution in [0.5, 0.6) is 0 Å². The fourth-order valence-electron chi connectivity index (χ4n) is 5.06. The van der Waals surface area contributed by atoms with Crippen molar-refractivity contribution in [2.24, 2.45) is 22.7 Å². The molecule has 0 saturated heterocycles. The Labute approximate surface area is 112 Å². The van der Waals surface area contributed by atoms with Gasteiger partial charge in [0.05, 0.1) is 6.10 Å². The lowest BCUT2D eigenvalue weighted by molar-refractivity contribution is 0.102. The lowest BCUT2D eigenvalue weighted by Crippen LogP contribution is -2.46. The van der Waals surface area contributed by atoms with E-state index < -0.39 is 0 Å². The minimum atomic E-state index is -0.0445. The molecule has 5 unspecified atom stereocenters. The highest BCUT2D eigenvalue weighted by Gasteiger charge is 2.61. The van der Waals surface area contributed by atoms with Crippen LogP contribution >= 0.6 is 0 Å². The third-order valence-corrected chi connectivity index (χ3v) is 7.04. The summed E-state index contributed by atoms with van der Waals surface area (Å²) in [6, 6.07) is 0.680. The maximum Gasteiger partial charge on any atom is 0.0580 e. The van der Waals surface area contributed by atoms with Gasteiger partial charge in [-0.2, -0.15) is 0 Å². The van der Waals surface area contributed by atoms with Crippen molar-refractivity contribution in [3.63, 3.8) is 0 Å². The van der Waals surface area contributed by atoms with E-state index in [-0.39, 0.29) is 6.10 Å². The third kappa shape index (κ3) is 1.68. The second-order valence-corrected chi connectivity index (χ2v) is 7.83. The molecule has 0 aromatic carbocycles. The molecule has 2 N–H and O–H groups in total. The van der Waals surface area contributed by atoms with E-state index in [4.69, 9.17) is 0 Å². The quantitative estimate of drug-likeness (QED) is 0.808. The van der Waals surface area contributed by atoms with Gasteiger partial charge in [0.25, 0.3) is 0 Å². The van der Waals surface area contributed by atoms with Gasteiger partial charge in [0.2, 0.25) is 0 Å². The lowest BCUT2D eigenvalue weighted by Gasteiger charge is -2.40. The van der Waals surface area contributed by atoms with E-state index in [1.165, 1.54) is 32.1 Å². The smallest absolute Gasteiger partial charge is 0.0580 e. The largest absolute Gasteiger partial charge is 0.393 e. The molecule has 0 spiro atoms. The minimum absolute atomic E-state index is 0.0445. The Hall–Kier alpha value is -0.0800. The topological polar surface area (TPSA) is 32.3 Å². The number of hydrogen-bond donors (Lipinski definition) is 2. The fraction of sp³-hybridized carbons (Fsp3) is 1.00. The maximum absolute atomic E-state index is 9.92. The summed E-state index contributed by atoms with van der Waals surface area (Å²) >= 11 is 0. The molecule has 5 atom stereocenters. The summed E-state index contributed by atoms with van der Waals surface area (Å²) in [5.74, 6) is 1.42. The van der Waals surface area contributed by atoms with E-state index in [1.807, 2.05) is 0 Å². The van der Waals surface area contributed by atoms with Gasteiger partial charge < -0.3 is 10.4 Å². The van der Waals surface area contributed by atoms with Gasteiger partial charge in [-0.25, -0.2) is 0 Å². The summed E-state index contributed by atoms with van der Waals surface area (Å²) in [4.78, 5) is 0. The summed E-state index contributed by atoms with van der Waals surface area (Å²) < 4.78 is 0. The summed E-state index contributed by atoms with van der Waals surface area (Å²) in [5.41, 5.74) is 0.972. The van der Waals surface area contributed by atoms with Crippen molar-refractivity contribution >= 4 is 0 Å². The van der Waals surface area contributed by atoms with E-state index in [9.17, 15) is 5.11 Å². The first-order valence-corrected chi connectivity index (χ1v) is 7.86. The standard InChI is InChI=1S/C16H29NO/c1-15(2)12-7-8-16(15,3)14(9-12)17-10-11-5-4-6-13(11)18/h11-14,17-18H,4-10H2,1-3H3. The van der Waals surface area contributed by atoms with Gasteiger partial charge in [0.15, 0.2) is 0 Å². The van der Waals surface area contributed by atoms with Gasteiger partial charge in [0, 0.05) is 12.6 Å². The van der Waals surface area contributed by atoms with Crippen LogP contribution in [0.3, 0.4) is 0 Å². The van der Waals surface area contributed by atoms with Crippen LogP contribution in [0.15, 0.2) is 0 Å². The van der Waals surface area contributed by atoms with Gasteiger partial charge in [0.1, 0.15) is 0 Å². The van der Waals surface area contributed by atoms with Gasteiger partial charge in [-0.3, -0.25) is 0 Å². The maximum atomic E-state index is 9.92. The average Bonchev–Trinajstić information content (AvgIpc) is 2.87. The van der Waals surface area contributed by atoms with Crippen LogP contribution in [0, 0.1) is 22.7 Å². The van der Waals surface area contributed by atoms with E-state index in [0.717, 1.165) is 18.9 Å². The zero-order valence-electron chi connectivity index (χ0n) is 12.2. The highest BCUT2D eigenvalue weighted by Crippen LogP contribution is 2.65. The molecular formula is C16H29NO. The Balaban J connectivity index is 1.62. The van der Waals surface area contributed by atoms with Crippen LogP contribution in [-0.2, 0) is 0 Å². The van der Waals surface area contributed by atoms with Gasteiger partial charge >= 0.3 is 0 Å². The Morgan fingerprint density at radius 3 is 2.44 bits per heavy atom. The molecule has 3 fully saturated rings. The molecule has 3 saturated carbocycles. The Bertz CT molecular complexity index is 327. The average molecular weight is 251 g/mol. The molecule has 3 rings (SSSR count). The Morgan fingerprint density at radius 1 is 1.17 bits per heavy atom. The number of aliphatic hydroxyl groups is 1. The van der Waals surface area contributed by atoms with Gasteiger partial charge in [-0.15, -0.1) is 0 Å². The molecule has 0 heterocycles. The molecule has 0 amide bonds. The summed E-state index contributed by atoms with van der Waals surface area (Å²) in [5, 5.41) is 13.7. The monoisotopic (exact) mass is 251 g/mol. The molecule has 18 heavy (non-hydrogen) atoms. The molecule has 0 aromatic heterocycles. The van der Waals surface area contributed by atoms with Gasteiger partial charge in [-0.1, -0.05) is 27.2 Å². The number of rotatable bonds is 3. The molecule has 2 bridgehead atoms. The van der Waals surface area contributed by atoms with Crippen molar-refractivity contribution in [1.82, 2.24) is 5.32 Å². The second-order valence-electron chi connectivity index (χ2n) is 7.83. The SMILES string of the molecule is CC1(C)C2CCC1(C)C(NCC1CCCC1O)C2. The third-order valence-electron chi connectivity index (χ3n) is 7.04. The summed E-state index contributed by atoms with van der Waals surface area (Å²) in [7, 11) is 0. The predicted octanol–water partition coefficient (Wildman–Crippen LogP) is 2.95. The van der Waals surface area contributed by atoms with Crippen LogP contribution in [0.4, 0.5) is 0 Å². The van der Waals surface area contributed by atoms with Crippen LogP contribution in [0.1, 0.15) is 59.3 Å². The fourth-order valence-corrected chi connectivity index (χ4v) is 5.06. The van der Waals surface area contributed by atoms with E-state index in [1.54, 1.807) is 0 Å². The molecule has 3 aliphatic carbocycles. The normalized spacial score (nSPS) is 50.0. The van der Waals surface area contributed by atoms with Crippen molar-refractivity contribution in [3.8, 4) is 0 Å². The molecular weight excluding hydrogens is 222 g/mol. The number of fused-ring (bicyclic) bond motifs is 2. The summed E-state index contributed by atoms with van der Waals surface area (Å²) in [6.07, 6.45) is 7.56. The molecule has 3 aliphatic rings. The number of aliphatic hydroxyl groups excluding tert-OH is 1. The highest BCUT2D eigenvalue weighted by atomic mass is 16.3. The van der Waals surface area contributed by atoms with Crippen LogP contribution in [0.2, 0.25) is 0 Å². The number of hydrogen-bond acceptors (Lipinski definition) is 2. The summed E-state index contributed by atoms with van der Waals surface area (Å²) in [6.45, 7) is 8.46. The van der Waals surface area contributed by atoms with Crippen molar-refractivity contribution in [3.05, 3.63) is 0 Å². The Kier molecular flexibility index (Phi) is 3.02. The Morgan fingerprint density at radius 2 is 1.94 bits per heavy atom. The number of nitrogens with one attached hydrogen (secondary N) is 1. The van der Waals surface area contributed by atoms with E-state index >= 15 is 0 Å². The van der Waals surface area contributed by atoms with E-state index in [2.05, 4.69) is 26.1 Å². The first kappa shape index (κ1) is 12.9. The predicted molar refractivity (Wildman–Crippen MR) is 74.4 cm³/mol. The first-order valence-electron chi connectivity index (χ1n) is 7.86. The van der Waals surface area contributed by atoms with E-state index in [0.29, 0.717) is 22.8 Å². The molecule has 2 nitrogen and oxygen atoms in total. The minimum Gasteiger partial charge on any atom is -0.393 e. The zero-order valence-corrected chi connectivity index (χ0v) is 12.2. The zero-order chi connectivity index (χ0) is 13.0. The van der Waals surface area contributed by atoms with Crippen molar-refractivity contribution < 1.29 is 5.11 Å². The lowest BCUT2D eigenvalue weighted by atomic mass is 9.69. The van der Waals surface area contributed by atoms with Crippen LogP contribution < -0.4 is 5.32 Å². The van der Waals surface area contributed by atoms with Crippen molar-refractivity contribution in [2.45, 2.75) is 71.4 Å². The van der Waals surface area contributed by atoms with Crippen LogP contribution in [-0.4, -0.2) is 23.8 Å². The molecule has 0 aromatic rings.